The molecule has 0 radical (unpaired) electrons. The summed E-state index contributed by atoms with van der Waals surface area (Å²) in [6.45, 7) is 3.86. The van der Waals surface area contributed by atoms with Crippen LogP contribution in [0.3, 0.4) is 0 Å². The van der Waals surface area contributed by atoms with Gasteiger partial charge in [0.25, 0.3) is 0 Å². The number of ether oxygens (including phenoxy) is 2. The molecule has 0 amide bonds. The van der Waals surface area contributed by atoms with Gasteiger partial charge < -0.3 is 19.0 Å². The summed E-state index contributed by atoms with van der Waals surface area (Å²) < 4.78 is 15.1. The predicted octanol–water partition coefficient (Wildman–Crippen LogP) is 1.58. The molecular weight excluding hydrogens is 320 g/mol. The first-order chi connectivity index (χ1) is 11.2. The number of hydrogen-bond acceptors (Lipinski definition) is 7. The van der Waals surface area contributed by atoms with Gasteiger partial charge in [0.1, 0.15) is 0 Å². The minimum Gasteiger partial charge on any atom is -0.481 e. The van der Waals surface area contributed by atoms with Crippen LogP contribution < -0.4 is 15.1 Å². The Labute approximate surface area is 135 Å². The summed E-state index contributed by atoms with van der Waals surface area (Å²) in [5.41, 5.74) is -0.591. The van der Waals surface area contributed by atoms with E-state index < -0.39 is 30.0 Å². The van der Waals surface area contributed by atoms with Gasteiger partial charge in [-0.25, -0.2) is 4.79 Å². The molecule has 0 saturated carbocycles. The molecule has 0 fully saturated rings. The maximum absolute atomic E-state index is 12.1. The molecule has 0 aliphatic heterocycles. The number of benzene rings is 1. The molecular formula is C16H14O8. The van der Waals surface area contributed by atoms with Gasteiger partial charge in [0.15, 0.2) is 11.3 Å². The molecule has 0 atom stereocenters. The molecule has 0 unspecified atom stereocenters. The zero-order valence-corrected chi connectivity index (χ0v) is 13.2. The van der Waals surface area contributed by atoms with Crippen LogP contribution >= 0.6 is 0 Å². The monoisotopic (exact) mass is 334 g/mol. The van der Waals surface area contributed by atoms with E-state index >= 15 is 0 Å². The van der Waals surface area contributed by atoms with Gasteiger partial charge in [0, 0.05) is 19.2 Å². The molecule has 0 saturated heterocycles. The molecule has 24 heavy (non-hydrogen) atoms. The first-order valence-electron chi connectivity index (χ1n) is 6.88. The summed E-state index contributed by atoms with van der Waals surface area (Å²) in [5, 5.41) is 9.27. The minimum atomic E-state index is -1.18. The second-order valence-corrected chi connectivity index (χ2v) is 5.02. The summed E-state index contributed by atoms with van der Waals surface area (Å²) in [4.78, 5) is 45.5. The Morgan fingerprint density at radius 1 is 1.12 bits per heavy atom. The number of aliphatic carboxylic acids is 1. The van der Waals surface area contributed by atoms with Crippen LogP contribution in [0, 0.1) is 6.92 Å². The van der Waals surface area contributed by atoms with Gasteiger partial charge in [-0.2, -0.15) is 0 Å². The lowest BCUT2D eigenvalue weighted by Gasteiger charge is -2.12. The second-order valence-electron chi connectivity index (χ2n) is 5.02. The van der Waals surface area contributed by atoms with Gasteiger partial charge in [-0.05, 0) is 24.6 Å². The third-order valence-corrected chi connectivity index (χ3v) is 3.20. The van der Waals surface area contributed by atoms with Crippen molar-refractivity contribution in [3.63, 3.8) is 0 Å². The van der Waals surface area contributed by atoms with Crippen LogP contribution in [0.15, 0.2) is 21.3 Å². The van der Waals surface area contributed by atoms with E-state index in [1.165, 1.54) is 19.1 Å². The highest BCUT2D eigenvalue weighted by Gasteiger charge is 2.21. The smallest absolute Gasteiger partial charge is 0.340 e. The van der Waals surface area contributed by atoms with Crippen molar-refractivity contribution in [2.75, 3.05) is 0 Å². The molecule has 126 valence electrons. The molecule has 2 aromatic rings. The number of carbonyl (C=O) groups is 3. The summed E-state index contributed by atoms with van der Waals surface area (Å²) in [7, 11) is 0. The number of aryl methyl sites for hydroxylation is 1. The van der Waals surface area contributed by atoms with Gasteiger partial charge in [0.2, 0.25) is 5.75 Å². The van der Waals surface area contributed by atoms with E-state index in [0.717, 1.165) is 6.92 Å². The van der Waals surface area contributed by atoms with Gasteiger partial charge in [0.05, 0.1) is 12.0 Å². The Bertz CT molecular complexity index is 906. The SMILES string of the molecule is CC(=O)Oc1ccc2c(C)c(CC(=O)O)c(=O)oc2c1OC(C)=O. The number of esters is 2. The quantitative estimate of drug-likeness (QED) is 0.508. The van der Waals surface area contributed by atoms with Crippen molar-refractivity contribution < 1.29 is 33.4 Å². The Hall–Kier alpha value is -3.16. The van der Waals surface area contributed by atoms with Crippen LogP contribution in [0.5, 0.6) is 11.5 Å². The van der Waals surface area contributed by atoms with Crippen LogP contribution in [0.4, 0.5) is 0 Å². The molecule has 0 bridgehead atoms. The zero-order chi connectivity index (χ0) is 18.0. The summed E-state index contributed by atoms with van der Waals surface area (Å²) in [6, 6.07) is 2.86. The van der Waals surface area contributed by atoms with Crippen molar-refractivity contribution in [1.29, 1.82) is 0 Å². The minimum absolute atomic E-state index is 0.0102. The van der Waals surface area contributed by atoms with E-state index in [-0.39, 0.29) is 22.6 Å². The van der Waals surface area contributed by atoms with Crippen molar-refractivity contribution in [1.82, 2.24) is 0 Å². The molecule has 8 nitrogen and oxygen atoms in total. The summed E-state index contributed by atoms with van der Waals surface area (Å²) in [5.74, 6) is -2.83. The Balaban J connectivity index is 2.79. The van der Waals surface area contributed by atoms with Crippen molar-refractivity contribution in [3.05, 3.63) is 33.7 Å². The normalized spacial score (nSPS) is 10.5. The number of carboxylic acid groups (broad SMARTS) is 1. The fourth-order valence-electron chi connectivity index (χ4n) is 2.24. The fourth-order valence-corrected chi connectivity index (χ4v) is 2.24. The van der Waals surface area contributed by atoms with Crippen LogP contribution in [-0.4, -0.2) is 23.0 Å². The van der Waals surface area contributed by atoms with E-state index in [2.05, 4.69) is 0 Å². The van der Waals surface area contributed by atoms with E-state index in [1.54, 1.807) is 6.92 Å². The maximum Gasteiger partial charge on any atom is 0.340 e. The van der Waals surface area contributed by atoms with E-state index in [9.17, 15) is 19.2 Å². The van der Waals surface area contributed by atoms with Crippen molar-refractivity contribution in [2.24, 2.45) is 0 Å². The van der Waals surface area contributed by atoms with Crippen molar-refractivity contribution >= 4 is 28.9 Å². The largest absolute Gasteiger partial charge is 0.481 e. The molecule has 0 aliphatic carbocycles. The van der Waals surface area contributed by atoms with Crippen molar-refractivity contribution in [2.45, 2.75) is 27.2 Å². The molecule has 1 heterocycles. The van der Waals surface area contributed by atoms with Crippen LogP contribution in [0.1, 0.15) is 25.0 Å². The number of fused-ring (bicyclic) bond motifs is 1. The highest BCUT2D eigenvalue weighted by molar-refractivity contribution is 5.92. The Kier molecular flexibility index (Phi) is 4.68. The molecule has 8 heteroatoms. The van der Waals surface area contributed by atoms with E-state index in [0.29, 0.717) is 10.9 Å². The molecule has 2 rings (SSSR count). The molecule has 0 spiro atoms. The van der Waals surface area contributed by atoms with E-state index in [1.807, 2.05) is 0 Å². The highest BCUT2D eigenvalue weighted by Crippen LogP contribution is 2.37. The standard InChI is InChI=1S/C16H14O8/c1-7-10-4-5-12(22-8(2)17)15(23-9(3)18)14(10)24-16(21)11(7)6-13(19)20/h4-5H,6H2,1-3H3,(H,19,20). The molecule has 1 aromatic carbocycles. The second kappa shape index (κ2) is 6.53. The molecule has 0 aliphatic rings. The number of carboxylic acids is 1. The lowest BCUT2D eigenvalue weighted by molar-refractivity contribution is -0.136. The topological polar surface area (TPSA) is 120 Å². The van der Waals surface area contributed by atoms with Gasteiger partial charge in [-0.1, -0.05) is 0 Å². The predicted molar refractivity (Wildman–Crippen MR) is 81.2 cm³/mol. The van der Waals surface area contributed by atoms with E-state index in [4.69, 9.17) is 19.0 Å². The first kappa shape index (κ1) is 17.2. The van der Waals surface area contributed by atoms with Gasteiger partial charge >= 0.3 is 23.5 Å². The third-order valence-electron chi connectivity index (χ3n) is 3.20. The van der Waals surface area contributed by atoms with Crippen LogP contribution in [0.2, 0.25) is 0 Å². The average Bonchev–Trinajstić information content (AvgIpc) is 2.45. The average molecular weight is 334 g/mol. The number of rotatable bonds is 4. The van der Waals surface area contributed by atoms with Crippen LogP contribution in [-0.2, 0) is 20.8 Å². The fraction of sp³-hybridized carbons (Fsp3) is 0.250. The third kappa shape index (κ3) is 3.43. The Morgan fingerprint density at radius 3 is 2.29 bits per heavy atom. The van der Waals surface area contributed by atoms with Gasteiger partial charge in [-0.15, -0.1) is 0 Å². The lowest BCUT2D eigenvalue weighted by Crippen LogP contribution is -2.15. The highest BCUT2D eigenvalue weighted by atomic mass is 16.6. The zero-order valence-electron chi connectivity index (χ0n) is 13.2. The van der Waals surface area contributed by atoms with Crippen LogP contribution in [0.25, 0.3) is 11.0 Å². The summed E-state index contributed by atoms with van der Waals surface area (Å²) in [6.07, 6.45) is -0.501. The first-order valence-corrected chi connectivity index (χ1v) is 6.88. The number of hydrogen-bond donors (Lipinski definition) is 1. The lowest BCUT2D eigenvalue weighted by atomic mass is 10.0. The summed E-state index contributed by atoms with van der Waals surface area (Å²) >= 11 is 0. The molecule has 1 N–H and O–H groups in total. The maximum atomic E-state index is 12.1. The number of carbonyl (C=O) groups excluding carboxylic acids is 2. The van der Waals surface area contributed by atoms with Crippen molar-refractivity contribution in [3.8, 4) is 11.5 Å². The van der Waals surface area contributed by atoms with Gasteiger partial charge in [-0.3, -0.25) is 14.4 Å². The molecule has 1 aromatic heterocycles. The Morgan fingerprint density at radius 2 is 1.75 bits per heavy atom.